The van der Waals surface area contributed by atoms with Gasteiger partial charge in [-0.1, -0.05) is 84.5 Å². The van der Waals surface area contributed by atoms with E-state index >= 15 is 0 Å². The molecule has 0 aliphatic carbocycles. The van der Waals surface area contributed by atoms with Crippen molar-refractivity contribution in [2.45, 2.75) is 109 Å². The highest BCUT2D eigenvalue weighted by atomic mass is 16.5. The lowest BCUT2D eigenvalue weighted by atomic mass is 9.99. The quantitative estimate of drug-likeness (QED) is 0.369. The van der Waals surface area contributed by atoms with Gasteiger partial charge in [-0.15, -0.1) is 0 Å². The van der Waals surface area contributed by atoms with Gasteiger partial charge in [-0.2, -0.15) is 0 Å². The highest BCUT2D eigenvalue weighted by Gasteiger charge is 2.17. The molecule has 0 fully saturated rings. The molecule has 128 valence electrons. The van der Waals surface area contributed by atoms with E-state index < -0.39 is 0 Å². The summed E-state index contributed by atoms with van der Waals surface area (Å²) in [6.07, 6.45) is 18.1. The van der Waals surface area contributed by atoms with E-state index in [0.29, 0.717) is 12.1 Å². The molecule has 0 aromatic carbocycles. The Morgan fingerprint density at radius 2 is 1.24 bits per heavy atom. The first-order valence-corrected chi connectivity index (χ1v) is 9.50. The average molecular weight is 300 g/mol. The second kappa shape index (κ2) is 16.3. The monoisotopic (exact) mass is 299 g/mol. The first-order chi connectivity index (χ1) is 10.3. The molecule has 21 heavy (non-hydrogen) atoms. The highest BCUT2D eigenvalue weighted by molar-refractivity contribution is 4.75. The van der Waals surface area contributed by atoms with E-state index in [1.54, 1.807) is 0 Å². The van der Waals surface area contributed by atoms with Crippen molar-refractivity contribution in [3.63, 3.8) is 0 Å². The van der Waals surface area contributed by atoms with Gasteiger partial charge in [0.1, 0.15) is 0 Å². The summed E-state index contributed by atoms with van der Waals surface area (Å²) in [5, 5.41) is 3.44. The van der Waals surface area contributed by atoms with Crippen molar-refractivity contribution in [2.75, 3.05) is 14.2 Å². The van der Waals surface area contributed by atoms with Crippen LogP contribution in [0.15, 0.2) is 0 Å². The van der Waals surface area contributed by atoms with Crippen molar-refractivity contribution < 1.29 is 4.74 Å². The fourth-order valence-electron chi connectivity index (χ4n) is 3.14. The first-order valence-electron chi connectivity index (χ1n) is 9.50. The normalized spacial score (nSPS) is 14.3. The van der Waals surface area contributed by atoms with Crippen LogP contribution >= 0.6 is 0 Å². The molecule has 0 radical (unpaired) electrons. The van der Waals surface area contributed by atoms with E-state index in [4.69, 9.17) is 4.74 Å². The van der Waals surface area contributed by atoms with Crippen molar-refractivity contribution >= 4 is 0 Å². The van der Waals surface area contributed by atoms with Crippen LogP contribution in [0.5, 0.6) is 0 Å². The minimum absolute atomic E-state index is 0.388. The van der Waals surface area contributed by atoms with Crippen molar-refractivity contribution in [1.29, 1.82) is 0 Å². The molecule has 0 aliphatic rings. The number of hydrogen-bond donors (Lipinski definition) is 1. The van der Waals surface area contributed by atoms with Crippen molar-refractivity contribution in [2.24, 2.45) is 0 Å². The molecule has 0 aromatic rings. The third kappa shape index (κ3) is 12.2. The number of methoxy groups -OCH3 is 1. The highest BCUT2D eigenvalue weighted by Crippen LogP contribution is 2.15. The number of hydrogen-bond acceptors (Lipinski definition) is 2. The Balaban J connectivity index is 3.46. The van der Waals surface area contributed by atoms with Gasteiger partial charge < -0.3 is 10.1 Å². The fourth-order valence-corrected chi connectivity index (χ4v) is 3.14. The van der Waals surface area contributed by atoms with Gasteiger partial charge in [0.15, 0.2) is 0 Å². The molecule has 2 heteroatoms. The van der Waals surface area contributed by atoms with E-state index in [0.717, 1.165) is 0 Å². The zero-order valence-electron chi connectivity index (χ0n) is 15.3. The Labute approximate surface area is 134 Å². The summed E-state index contributed by atoms with van der Waals surface area (Å²) in [6, 6.07) is 0.531. The molecule has 0 saturated heterocycles. The van der Waals surface area contributed by atoms with Crippen LogP contribution in [0.3, 0.4) is 0 Å². The summed E-state index contributed by atoms with van der Waals surface area (Å²) in [4.78, 5) is 0. The summed E-state index contributed by atoms with van der Waals surface area (Å²) in [7, 11) is 3.92. The van der Waals surface area contributed by atoms with Gasteiger partial charge in [0.05, 0.1) is 6.10 Å². The molecule has 2 atom stereocenters. The number of ether oxygens (including phenoxy) is 1. The van der Waals surface area contributed by atoms with Crippen LogP contribution in [0.25, 0.3) is 0 Å². The van der Waals surface area contributed by atoms with Gasteiger partial charge in [0.2, 0.25) is 0 Å². The minimum Gasteiger partial charge on any atom is -0.380 e. The Morgan fingerprint density at radius 3 is 1.67 bits per heavy atom. The Kier molecular flexibility index (Phi) is 16.2. The average Bonchev–Trinajstić information content (AvgIpc) is 2.51. The smallest absolute Gasteiger partial charge is 0.0724 e. The lowest BCUT2D eigenvalue weighted by Crippen LogP contribution is -2.38. The second-order valence-corrected chi connectivity index (χ2v) is 6.43. The zero-order valence-corrected chi connectivity index (χ0v) is 15.3. The van der Waals surface area contributed by atoms with Crippen molar-refractivity contribution in [3.8, 4) is 0 Å². The Hall–Kier alpha value is -0.0800. The van der Waals surface area contributed by atoms with Crippen molar-refractivity contribution in [3.05, 3.63) is 0 Å². The number of nitrogens with one attached hydrogen (secondary N) is 1. The molecule has 0 amide bonds. The summed E-state index contributed by atoms with van der Waals surface area (Å²) >= 11 is 0. The Morgan fingerprint density at radius 1 is 0.714 bits per heavy atom. The summed E-state index contributed by atoms with van der Waals surface area (Å²) in [5.74, 6) is 0. The molecule has 0 heterocycles. The molecule has 0 aliphatic heterocycles. The maximum Gasteiger partial charge on any atom is 0.0724 e. The predicted molar refractivity (Wildman–Crippen MR) is 95.0 cm³/mol. The van der Waals surface area contributed by atoms with Gasteiger partial charge in [-0.25, -0.2) is 0 Å². The van der Waals surface area contributed by atoms with E-state index in [1.807, 2.05) is 7.11 Å². The minimum atomic E-state index is 0.388. The molecular weight excluding hydrogens is 258 g/mol. The molecule has 2 unspecified atom stereocenters. The fraction of sp³-hybridized carbons (Fsp3) is 1.00. The third-order valence-corrected chi connectivity index (χ3v) is 4.56. The van der Waals surface area contributed by atoms with Crippen LogP contribution < -0.4 is 5.32 Å². The predicted octanol–water partition coefficient (Wildman–Crippen LogP) is 5.70. The molecule has 0 rings (SSSR count). The molecule has 0 bridgehead atoms. The number of unbranched alkanes of at least 4 members (excludes halogenated alkanes) is 9. The zero-order chi connectivity index (χ0) is 15.8. The van der Waals surface area contributed by atoms with Gasteiger partial charge >= 0.3 is 0 Å². The van der Waals surface area contributed by atoms with Gasteiger partial charge in [-0.3, -0.25) is 0 Å². The maximum absolute atomic E-state index is 5.62. The van der Waals surface area contributed by atoms with Gasteiger partial charge in [0, 0.05) is 13.2 Å². The molecule has 2 nitrogen and oxygen atoms in total. The van der Waals surface area contributed by atoms with E-state index in [2.05, 4.69) is 26.2 Å². The van der Waals surface area contributed by atoms with Crippen LogP contribution in [0.4, 0.5) is 0 Å². The van der Waals surface area contributed by atoms with Gasteiger partial charge in [-0.05, 0) is 19.9 Å². The van der Waals surface area contributed by atoms with Crippen molar-refractivity contribution in [1.82, 2.24) is 5.32 Å². The molecule has 1 N–H and O–H groups in total. The lowest BCUT2D eigenvalue weighted by molar-refractivity contribution is 0.0597. The van der Waals surface area contributed by atoms with Crippen LogP contribution in [-0.2, 0) is 4.74 Å². The van der Waals surface area contributed by atoms with E-state index in [-0.39, 0.29) is 0 Å². The Bertz CT molecular complexity index is 196. The second-order valence-electron chi connectivity index (χ2n) is 6.43. The van der Waals surface area contributed by atoms with Crippen LogP contribution in [0.2, 0.25) is 0 Å². The topological polar surface area (TPSA) is 21.3 Å². The SMILES string of the molecule is CCCCCCCCCCCCC(NC)C(CCC)OC. The molecular formula is C19H41NO. The number of rotatable bonds is 16. The summed E-state index contributed by atoms with van der Waals surface area (Å²) in [5.41, 5.74) is 0. The summed E-state index contributed by atoms with van der Waals surface area (Å²) in [6.45, 7) is 4.52. The maximum atomic E-state index is 5.62. The van der Waals surface area contributed by atoms with E-state index in [9.17, 15) is 0 Å². The largest absolute Gasteiger partial charge is 0.380 e. The molecule has 0 saturated carbocycles. The third-order valence-electron chi connectivity index (χ3n) is 4.56. The van der Waals surface area contributed by atoms with Gasteiger partial charge in [0.25, 0.3) is 0 Å². The van der Waals surface area contributed by atoms with Crippen LogP contribution in [0.1, 0.15) is 97.3 Å². The van der Waals surface area contributed by atoms with Crippen LogP contribution in [0, 0.1) is 0 Å². The lowest BCUT2D eigenvalue weighted by Gasteiger charge is -2.25. The molecule has 0 aromatic heterocycles. The summed E-state index contributed by atoms with van der Waals surface area (Å²) < 4.78 is 5.62. The standard InChI is InChI=1S/C19H41NO/c1-5-7-8-9-10-11-12-13-14-15-17-18(20-3)19(21-4)16-6-2/h18-20H,5-17H2,1-4H3. The number of likely N-dealkylation sites (N-methyl/N-ethyl adjacent to an activating group) is 1. The first kappa shape index (κ1) is 20.9. The van der Waals surface area contributed by atoms with E-state index in [1.165, 1.54) is 83.5 Å². The molecule has 0 spiro atoms. The van der Waals surface area contributed by atoms with Crippen LogP contribution in [-0.4, -0.2) is 26.3 Å².